The van der Waals surface area contributed by atoms with Crippen molar-refractivity contribution in [2.75, 3.05) is 6.54 Å². The lowest BCUT2D eigenvalue weighted by molar-refractivity contribution is 0.838. The maximum Gasteiger partial charge on any atom is 0.0864 e. The molecule has 0 spiro atoms. The van der Waals surface area contributed by atoms with Crippen LogP contribution in [0, 0.1) is 6.92 Å². The molecule has 3 nitrogen and oxygen atoms in total. The van der Waals surface area contributed by atoms with Crippen molar-refractivity contribution in [2.24, 2.45) is 5.73 Å². The molecule has 1 heterocycles. The maximum absolute atomic E-state index is 6.21. The number of hydrogen-bond donors (Lipinski definition) is 1. The van der Waals surface area contributed by atoms with E-state index in [-0.39, 0.29) is 0 Å². The minimum atomic E-state index is 0.605. The number of hydrogen-bond acceptors (Lipinski definition) is 2. The van der Waals surface area contributed by atoms with Crippen LogP contribution >= 0.6 is 11.6 Å². The highest BCUT2D eigenvalue weighted by atomic mass is 35.5. The van der Waals surface area contributed by atoms with Gasteiger partial charge in [-0.25, -0.2) is 4.68 Å². The van der Waals surface area contributed by atoms with Crippen LogP contribution in [0.25, 0.3) is 5.69 Å². The molecule has 16 heavy (non-hydrogen) atoms. The first-order valence-corrected chi connectivity index (χ1v) is 5.60. The third kappa shape index (κ3) is 2.10. The molecule has 2 rings (SSSR count). The molecule has 0 saturated carbocycles. The van der Waals surface area contributed by atoms with Gasteiger partial charge in [0, 0.05) is 6.20 Å². The molecular formula is C12H14ClN3. The first kappa shape index (κ1) is 11.2. The Labute approximate surface area is 99.8 Å². The fourth-order valence-electron chi connectivity index (χ4n) is 1.71. The summed E-state index contributed by atoms with van der Waals surface area (Å²) in [5, 5.41) is 5.08. The van der Waals surface area contributed by atoms with E-state index in [1.165, 1.54) is 0 Å². The van der Waals surface area contributed by atoms with Gasteiger partial charge in [-0.2, -0.15) is 5.10 Å². The number of para-hydroxylation sites is 1. The second-order valence-electron chi connectivity index (χ2n) is 3.69. The lowest BCUT2D eigenvalue weighted by Gasteiger charge is -2.10. The molecule has 1 aromatic carbocycles. The number of benzene rings is 1. The number of rotatable bonds is 3. The van der Waals surface area contributed by atoms with Crippen molar-refractivity contribution in [3.05, 3.63) is 46.7 Å². The lowest BCUT2D eigenvalue weighted by atomic mass is 10.1. The van der Waals surface area contributed by atoms with Gasteiger partial charge in [-0.15, -0.1) is 0 Å². The van der Waals surface area contributed by atoms with E-state index in [1.54, 1.807) is 0 Å². The minimum absolute atomic E-state index is 0.605. The van der Waals surface area contributed by atoms with Gasteiger partial charge in [-0.3, -0.25) is 0 Å². The van der Waals surface area contributed by atoms with Gasteiger partial charge in [0.25, 0.3) is 0 Å². The summed E-state index contributed by atoms with van der Waals surface area (Å²) in [5.41, 5.74) is 8.62. The molecule has 2 N–H and O–H groups in total. The van der Waals surface area contributed by atoms with Crippen molar-refractivity contribution < 1.29 is 0 Å². The second kappa shape index (κ2) is 4.68. The fourth-order valence-corrected chi connectivity index (χ4v) is 1.99. The molecule has 0 atom stereocenters. The van der Waals surface area contributed by atoms with Crippen LogP contribution in [0.1, 0.15) is 11.3 Å². The van der Waals surface area contributed by atoms with Crippen LogP contribution in [0.5, 0.6) is 0 Å². The molecule has 0 aliphatic rings. The Balaban J connectivity index is 2.53. The number of nitrogens with two attached hydrogens (primary N) is 1. The second-order valence-corrected chi connectivity index (χ2v) is 4.10. The Morgan fingerprint density at radius 1 is 1.38 bits per heavy atom. The van der Waals surface area contributed by atoms with Gasteiger partial charge in [-0.05, 0) is 37.6 Å². The number of nitrogens with zero attached hydrogens (tertiary/aromatic N) is 2. The van der Waals surface area contributed by atoms with Crippen LogP contribution in [0.2, 0.25) is 5.02 Å². The zero-order valence-electron chi connectivity index (χ0n) is 9.15. The van der Waals surface area contributed by atoms with Crippen LogP contribution in [0.15, 0.2) is 30.5 Å². The average Bonchev–Trinajstić information content (AvgIpc) is 2.65. The topological polar surface area (TPSA) is 43.8 Å². The quantitative estimate of drug-likeness (QED) is 0.888. The number of halogens is 1. The van der Waals surface area contributed by atoms with E-state index in [1.807, 2.05) is 42.1 Å². The van der Waals surface area contributed by atoms with Crippen LogP contribution in [-0.2, 0) is 6.42 Å². The molecule has 4 heteroatoms. The first-order valence-electron chi connectivity index (χ1n) is 5.22. The molecule has 0 radical (unpaired) electrons. The third-order valence-electron chi connectivity index (χ3n) is 2.44. The Hall–Kier alpha value is -1.32. The summed E-state index contributed by atoms with van der Waals surface area (Å²) in [4.78, 5) is 0. The smallest absolute Gasteiger partial charge is 0.0864 e. The van der Waals surface area contributed by atoms with E-state index in [9.17, 15) is 0 Å². The van der Waals surface area contributed by atoms with Crippen molar-refractivity contribution in [3.63, 3.8) is 0 Å². The number of aromatic nitrogens is 2. The Morgan fingerprint density at radius 2 is 2.19 bits per heavy atom. The Bertz CT molecular complexity index is 491. The molecular weight excluding hydrogens is 222 g/mol. The van der Waals surface area contributed by atoms with Crippen molar-refractivity contribution in [2.45, 2.75) is 13.3 Å². The van der Waals surface area contributed by atoms with Crippen molar-refractivity contribution in [1.82, 2.24) is 9.78 Å². The van der Waals surface area contributed by atoms with E-state index >= 15 is 0 Å². The molecule has 84 valence electrons. The fraction of sp³-hybridized carbons (Fsp3) is 0.250. The monoisotopic (exact) mass is 235 g/mol. The van der Waals surface area contributed by atoms with Crippen LogP contribution in [0.3, 0.4) is 0 Å². The summed E-state index contributed by atoms with van der Waals surface area (Å²) in [5.74, 6) is 0. The van der Waals surface area contributed by atoms with Gasteiger partial charge in [0.2, 0.25) is 0 Å². The van der Waals surface area contributed by atoms with E-state index < -0.39 is 0 Å². The Kier molecular flexibility index (Phi) is 3.27. The molecule has 0 bridgehead atoms. The third-order valence-corrected chi connectivity index (χ3v) is 2.74. The van der Waals surface area contributed by atoms with E-state index in [0.29, 0.717) is 11.6 Å². The molecule has 0 fully saturated rings. The van der Waals surface area contributed by atoms with E-state index in [2.05, 4.69) is 5.10 Å². The summed E-state index contributed by atoms with van der Waals surface area (Å²) in [6, 6.07) is 7.79. The van der Waals surface area contributed by atoms with Crippen LogP contribution in [0.4, 0.5) is 0 Å². The van der Waals surface area contributed by atoms with Crippen molar-refractivity contribution >= 4 is 11.6 Å². The summed E-state index contributed by atoms with van der Waals surface area (Å²) in [6.45, 7) is 2.56. The van der Waals surface area contributed by atoms with Gasteiger partial charge in [0.15, 0.2) is 0 Å². The molecule has 0 amide bonds. The lowest BCUT2D eigenvalue weighted by Crippen LogP contribution is -2.07. The SMILES string of the molecule is Cc1ccn(-c2c(Cl)cccc2CCN)n1. The molecule has 2 aromatic rings. The average molecular weight is 236 g/mol. The zero-order valence-corrected chi connectivity index (χ0v) is 9.91. The zero-order chi connectivity index (χ0) is 11.5. The summed E-state index contributed by atoms with van der Waals surface area (Å²) >= 11 is 6.21. The van der Waals surface area contributed by atoms with Gasteiger partial charge >= 0.3 is 0 Å². The van der Waals surface area contributed by atoms with E-state index in [4.69, 9.17) is 17.3 Å². The van der Waals surface area contributed by atoms with Crippen LogP contribution in [-0.4, -0.2) is 16.3 Å². The molecule has 0 aliphatic heterocycles. The van der Waals surface area contributed by atoms with Gasteiger partial charge < -0.3 is 5.73 Å². The Morgan fingerprint density at radius 3 is 2.81 bits per heavy atom. The largest absolute Gasteiger partial charge is 0.330 e. The highest BCUT2D eigenvalue weighted by Crippen LogP contribution is 2.24. The molecule has 0 unspecified atom stereocenters. The van der Waals surface area contributed by atoms with Gasteiger partial charge in [0.05, 0.1) is 16.4 Å². The first-order chi connectivity index (χ1) is 7.72. The van der Waals surface area contributed by atoms with E-state index in [0.717, 1.165) is 23.4 Å². The molecule has 0 aliphatic carbocycles. The molecule has 1 aromatic heterocycles. The van der Waals surface area contributed by atoms with Crippen molar-refractivity contribution in [3.8, 4) is 5.69 Å². The maximum atomic E-state index is 6.21. The predicted octanol–water partition coefficient (Wildman–Crippen LogP) is 2.34. The summed E-state index contributed by atoms with van der Waals surface area (Å²) in [7, 11) is 0. The predicted molar refractivity (Wildman–Crippen MR) is 66.1 cm³/mol. The van der Waals surface area contributed by atoms with Gasteiger partial charge in [-0.1, -0.05) is 23.7 Å². The van der Waals surface area contributed by atoms with Gasteiger partial charge in [0.1, 0.15) is 0 Å². The van der Waals surface area contributed by atoms with Crippen molar-refractivity contribution in [1.29, 1.82) is 0 Å². The summed E-state index contributed by atoms with van der Waals surface area (Å²) < 4.78 is 1.81. The number of aryl methyl sites for hydroxylation is 1. The van der Waals surface area contributed by atoms with Crippen LogP contribution < -0.4 is 5.73 Å². The standard InChI is InChI=1S/C12H14ClN3/c1-9-6-8-16(15-9)12-10(5-7-14)3-2-4-11(12)13/h2-4,6,8H,5,7,14H2,1H3. The highest BCUT2D eigenvalue weighted by molar-refractivity contribution is 6.32. The summed E-state index contributed by atoms with van der Waals surface area (Å²) in [6.07, 6.45) is 2.71. The minimum Gasteiger partial charge on any atom is -0.330 e. The molecule has 0 saturated heterocycles. The normalized spacial score (nSPS) is 10.7. The highest BCUT2D eigenvalue weighted by Gasteiger charge is 2.09.